The molecule has 2 aromatic rings. The van der Waals surface area contributed by atoms with E-state index in [4.69, 9.17) is 16.7 Å². The van der Waals surface area contributed by atoms with Crippen molar-refractivity contribution >= 4 is 29.3 Å². The van der Waals surface area contributed by atoms with Gasteiger partial charge in [0.05, 0.1) is 5.56 Å². The van der Waals surface area contributed by atoms with Gasteiger partial charge in [0.15, 0.2) is 0 Å². The standard InChI is InChI=1S/C20H22ClN3O3/c21-17-3-1-4-18(13-17)22-20(27)24-10-2-9-23(11-12-24)14-15-5-7-16(8-6-15)19(25)26/h1,3-8,13H,2,9-12,14H2,(H,22,27)(H,25,26). The molecule has 0 spiro atoms. The van der Waals surface area contributed by atoms with E-state index < -0.39 is 5.97 Å². The van der Waals surface area contributed by atoms with E-state index >= 15 is 0 Å². The number of nitrogens with one attached hydrogen (secondary N) is 1. The molecular formula is C20H22ClN3O3. The molecule has 1 saturated heterocycles. The lowest BCUT2D eigenvalue weighted by Crippen LogP contribution is -2.38. The Balaban J connectivity index is 1.53. The lowest BCUT2D eigenvalue weighted by Gasteiger charge is -2.22. The number of carboxylic acids is 1. The zero-order chi connectivity index (χ0) is 19.2. The van der Waals surface area contributed by atoms with Crippen LogP contribution in [-0.4, -0.2) is 53.1 Å². The number of halogens is 1. The second-order valence-electron chi connectivity index (χ2n) is 6.56. The molecule has 1 aliphatic rings. The average molecular weight is 388 g/mol. The quantitative estimate of drug-likeness (QED) is 0.837. The molecular weight excluding hydrogens is 366 g/mol. The molecule has 0 saturated carbocycles. The molecule has 0 aliphatic carbocycles. The van der Waals surface area contributed by atoms with Crippen molar-refractivity contribution in [3.05, 3.63) is 64.7 Å². The Bertz CT molecular complexity index is 810. The van der Waals surface area contributed by atoms with Crippen molar-refractivity contribution in [3.63, 3.8) is 0 Å². The topological polar surface area (TPSA) is 72.9 Å². The van der Waals surface area contributed by atoms with Crippen LogP contribution in [0.25, 0.3) is 0 Å². The Morgan fingerprint density at radius 3 is 2.52 bits per heavy atom. The highest BCUT2D eigenvalue weighted by Crippen LogP contribution is 2.16. The smallest absolute Gasteiger partial charge is 0.335 e. The molecule has 1 fully saturated rings. The van der Waals surface area contributed by atoms with Gasteiger partial charge >= 0.3 is 12.0 Å². The minimum Gasteiger partial charge on any atom is -0.478 e. The number of hydrogen-bond acceptors (Lipinski definition) is 3. The van der Waals surface area contributed by atoms with Gasteiger partial charge in [-0.2, -0.15) is 0 Å². The van der Waals surface area contributed by atoms with Crippen LogP contribution in [0.2, 0.25) is 5.02 Å². The van der Waals surface area contributed by atoms with E-state index in [9.17, 15) is 9.59 Å². The first-order chi connectivity index (χ1) is 13.0. The van der Waals surface area contributed by atoms with Crippen LogP contribution >= 0.6 is 11.6 Å². The van der Waals surface area contributed by atoms with Gasteiger partial charge in [0, 0.05) is 43.4 Å². The van der Waals surface area contributed by atoms with E-state index in [1.165, 1.54) is 0 Å². The monoisotopic (exact) mass is 387 g/mol. The Morgan fingerprint density at radius 2 is 1.81 bits per heavy atom. The molecule has 2 amide bonds. The fourth-order valence-corrected chi connectivity index (χ4v) is 3.30. The summed E-state index contributed by atoms with van der Waals surface area (Å²) >= 11 is 5.96. The lowest BCUT2D eigenvalue weighted by atomic mass is 10.1. The van der Waals surface area contributed by atoms with E-state index in [2.05, 4.69) is 10.2 Å². The molecule has 0 atom stereocenters. The number of nitrogens with zero attached hydrogens (tertiary/aromatic N) is 2. The van der Waals surface area contributed by atoms with Crippen molar-refractivity contribution in [2.24, 2.45) is 0 Å². The maximum atomic E-state index is 12.5. The number of carbonyl (C=O) groups is 2. The summed E-state index contributed by atoms with van der Waals surface area (Å²) in [5.41, 5.74) is 2.04. The fraction of sp³-hybridized carbons (Fsp3) is 0.300. The second kappa shape index (κ2) is 8.88. The van der Waals surface area contributed by atoms with Crippen molar-refractivity contribution in [2.75, 3.05) is 31.5 Å². The molecule has 0 bridgehead atoms. The molecule has 1 aliphatic heterocycles. The van der Waals surface area contributed by atoms with Crippen LogP contribution in [0.15, 0.2) is 48.5 Å². The van der Waals surface area contributed by atoms with E-state index in [-0.39, 0.29) is 6.03 Å². The molecule has 0 aromatic heterocycles. The van der Waals surface area contributed by atoms with Gasteiger partial charge in [-0.3, -0.25) is 4.90 Å². The van der Waals surface area contributed by atoms with Crippen LogP contribution < -0.4 is 5.32 Å². The van der Waals surface area contributed by atoms with Crippen molar-refractivity contribution < 1.29 is 14.7 Å². The predicted octanol–water partition coefficient (Wildman–Crippen LogP) is 3.78. The van der Waals surface area contributed by atoms with Crippen molar-refractivity contribution in [1.82, 2.24) is 9.80 Å². The maximum Gasteiger partial charge on any atom is 0.335 e. The molecule has 0 unspecified atom stereocenters. The zero-order valence-corrected chi connectivity index (χ0v) is 15.7. The van der Waals surface area contributed by atoms with Crippen LogP contribution in [0.5, 0.6) is 0 Å². The van der Waals surface area contributed by atoms with Gasteiger partial charge < -0.3 is 15.3 Å². The van der Waals surface area contributed by atoms with Crippen molar-refractivity contribution in [3.8, 4) is 0 Å². The van der Waals surface area contributed by atoms with Crippen LogP contribution in [0.4, 0.5) is 10.5 Å². The number of carbonyl (C=O) groups excluding carboxylic acids is 1. The normalized spacial score (nSPS) is 15.2. The molecule has 1 heterocycles. The van der Waals surface area contributed by atoms with Crippen LogP contribution in [0.3, 0.4) is 0 Å². The van der Waals surface area contributed by atoms with E-state index in [1.807, 2.05) is 23.1 Å². The van der Waals surface area contributed by atoms with Crippen LogP contribution in [0, 0.1) is 0 Å². The first kappa shape index (κ1) is 19.2. The molecule has 2 N–H and O–H groups in total. The van der Waals surface area contributed by atoms with E-state index in [1.54, 1.807) is 30.3 Å². The first-order valence-corrected chi connectivity index (χ1v) is 9.25. The summed E-state index contributed by atoms with van der Waals surface area (Å²) in [4.78, 5) is 27.5. The minimum absolute atomic E-state index is 0.120. The number of hydrogen-bond donors (Lipinski definition) is 2. The number of aromatic carboxylic acids is 1. The van der Waals surface area contributed by atoms with Gasteiger partial charge in [-0.25, -0.2) is 9.59 Å². The highest BCUT2D eigenvalue weighted by atomic mass is 35.5. The molecule has 7 heteroatoms. The van der Waals surface area contributed by atoms with Gasteiger partial charge in [0.2, 0.25) is 0 Å². The Hall–Kier alpha value is -2.57. The third-order valence-electron chi connectivity index (χ3n) is 4.56. The van der Waals surface area contributed by atoms with Crippen LogP contribution in [-0.2, 0) is 6.54 Å². The van der Waals surface area contributed by atoms with E-state index in [0.29, 0.717) is 29.4 Å². The summed E-state index contributed by atoms with van der Waals surface area (Å²) in [7, 11) is 0. The summed E-state index contributed by atoms with van der Waals surface area (Å²) in [6, 6.07) is 13.9. The number of carboxylic acid groups (broad SMARTS) is 1. The Kier molecular flexibility index (Phi) is 6.32. The lowest BCUT2D eigenvalue weighted by molar-refractivity contribution is 0.0697. The average Bonchev–Trinajstić information content (AvgIpc) is 2.88. The second-order valence-corrected chi connectivity index (χ2v) is 7.00. The summed E-state index contributed by atoms with van der Waals surface area (Å²) in [6.45, 7) is 3.73. The summed E-state index contributed by atoms with van der Waals surface area (Å²) in [6.07, 6.45) is 0.885. The molecule has 27 heavy (non-hydrogen) atoms. The van der Waals surface area contributed by atoms with Gasteiger partial charge in [-0.05, 0) is 42.3 Å². The zero-order valence-electron chi connectivity index (χ0n) is 14.9. The Labute approximate surface area is 163 Å². The minimum atomic E-state index is -0.919. The SMILES string of the molecule is O=C(O)c1ccc(CN2CCCN(C(=O)Nc3cccc(Cl)c3)CC2)cc1. The fourth-order valence-electron chi connectivity index (χ4n) is 3.11. The summed E-state index contributed by atoms with van der Waals surface area (Å²) in [5.74, 6) is -0.919. The molecule has 2 aromatic carbocycles. The van der Waals surface area contributed by atoms with E-state index in [0.717, 1.165) is 31.6 Å². The van der Waals surface area contributed by atoms with Crippen molar-refractivity contribution in [2.45, 2.75) is 13.0 Å². The van der Waals surface area contributed by atoms with Crippen molar-refractivity contribution in [1.29, 1.82) is 0 Å². The van der Waals surface area contributed by atoms with Gasteiger partial charge in [0.25, 0.3) is 0 Å². The highest BCUT2D eigenvalue weighted by Gasteiger charge is 2.19. The number of amides is 2. The van der Waals surface area contributed by atoms with Gasteiger partial charge in [0.1, 0.15) is 0 Å². The summed E-state index contributed by atoms with van der Waals surface area (Å²) < 4.78 is 0. The molecule has 142 valence electrons. The summed E-state index contributed by atoms with van der Waals surface area (Å²) in [5, 5.41) is 12.5. The molecule has 0 radical (unpaired) electrons. The van der Waals surface area contributed by atoms with Gasteiger partial charge in [-0.15, -0.1) is 0 Å². The number of rotatable bonds is 4. The number of anilines is 1. The first-order valence-electron chi connectivity index (χ1n) is 8.87. The predicted molar refractivity (Wildman–Crippen MR) is 105 cm³/mol. The van der Waals surface area contributed by atoms with Crippen LogP contribution in [0.1, 0.15) is 22.3 Å². The number of benzene rings is 2. The van der Waals surface area contributed by atoms with Gasteiger partial charge in [-0.1, -0.05) is 29.8 Å². The largest absolute Gasteiger partial charge is 0.478 e. The number of urea groups is 1. The third kappa shape index (κ3) is 5.45. The highest BCUT2D eigenvalue weighted by molar-refractivity contribution is 6.30. The molecule has 3 rings (SSSR count). The molecule has 6 nitrogen and oxygen atoms in total. The maximum absolute atomic E-state index is 12.5. The third-order valence-corrected chi connectivity index (χ3v) is 4.79. The Morgan fingerprint density at radius 1 is 1.04 bits per heavy atom.